The van der Waals surface area contributed by atoms with Crippen LogP contribution in [0.25, 0.3) is 0 Å². The first-order valence-corrected chi connectivity index (χ1v) is 5.50. The second kappa shape index (κ2) is 4.58. The van der Waals surface area contributed by atoms with E-state index in [1.165, 1.54) is 5.56 Å². The Bertz CT molecular complexity index is 430. The summed E-state index contributed by atoms with van der Waals surface area (Å²) in [7, 11) is 0. The molecule has 0 aliphatic rings. The molecule has 2 aromatic heterocycles. The van der Waals surface area contributed by atoms with Crippen LogP contribution in [0.15, 0.2) is 39.8 Å². The Morgan fingerprint density at radius 3 is 2.50 bits per heavy atom. The summed E-state index contributed by atoms with van der Waals surface area (Å²) in [4.78, 5) is 0. The molecule has 2 atom stereocenters. The van der Waals surface area contributed by atoms with Crippen LogP contribution in [0.4, 0.5) is 0 Å². The van der Waals surface area contributed by atoms with Crippen LogP contribution in [-0.4, -0.2) is 0 Å². The molecule has 86 valence electrons. The second-order valence-corrected chi connectivity index (χ2v) is 4.13. The highest BCUT2D eigenvalue weighted by atomic mass is 16.3. The fraction of sp³-hybridized carbons (Fsp3) is 0.385. The maximum Gasteiger partial charge on any atom is 0.123 e. The minimum atomic E-state index is 0.194. The zero-order valence-corrected chi connectivity index (χ0v) is 9.86. The number of rotatable bonds is 4. The topological polar surface area (TPSA) is 38.3 Å². The van der Waals surface area contributed by atoms with Crippen LogP contribution in [0.5, 0.6) is 0 Å². The van der Waals surface area contributed by atoms with Gasteiger partial charge in [-0.2, -0.15) is 0 Å². The van der Waals surface area contributed by atoms with Gasteiger partial charge in [0.15, 0.2) is 0 Å². The summed E-state index contributed by atoms with van der Waals surface area (Å²) in [6.45, 7) is 6.27. The van der Waals surface area contributed by atoms with E-state index in [0.29, 0.717) is 0 Å². The van der Waals surface area contributed by atoms with Gasteiger partial charge in [-0.05, 0) is 38.5 Å². The number of aryl methyl sites for hydroxylation is 1. The number of hydrogen-bond donors (Lipinski definition) is 1. The average Bonchev–Trinajstić information content (AvgIpc) is 2.86. The normalized spacial score (nSPS) is 14.9. The Balaban J connectivity index is 2.03. The van der Waals surface area contributed by atoms with Crippen molar-refractivity contribution in [3.05, 3.63) is 47.8 Å². The molecule has 0 fully saturated rings. The molecule has 0 amide bonds. The summed E-state index contributed by atoms with van der Waals surface area (Å²) in [6, 6.07) is 4.40. The van der Waals surface area contributed by atoms with Crippen LogP contribution in [0.2, 0.25) is 0 Å². The average molecular weight is 219 g/mol. The molecule has 1 N–H and O–H groups in total. The van der Waals surface area contributed by atoms with E-state index in [4.69, 9.17) is 8.83 Å². The van der Waals surface area contributed by atoms with Gasteiger partial charge in [-0.1, -0.05) is 0 Å². The Kier molecular flexibility index (Phi) is 3.15. The molecule has 3 heteroatoms. The highest BCUT2D eigenvalue weighted by molar-refractivity contribution is 5.19. The Morgan fingerprint density at radius 2 is 1.94 bits per heavy atom. The zero-order valence-electron chi connectivity index (χ0n) is 9.86. The monoisotopic (exact) mass is 219 g/mol. The van der Waals surface area contributed by atoms with Crippen molar-refractivity contribution in [3.8, 4) is 0 Å². The lowest BCUT2D eigenvalue weighted by Crippen LogP contribution is -2.22. The predicted molar refractivity (Wildman–Crippen MR) is 62.1 cm³/mol. The molecule has 2 heterocycles. The van der Waals surface area contributed by atoms with Crippen molar-refractivity contribution in [1.82, 2.24) is 5.32 Å². The van der Waals surface area contributed by atoms with E-state index in [0.717, 1.165) is 11.3 Å². The van der Waals surface area contributed by atoms with Gasteiger partial charge in [0.25, 0.3) is 0 Å². The molecular weight excluding hydrogens is 202 g/mol. The van der Waals surface area contributed by atoms with Gasteiger partial charge in [0, 0.05) is 11.6 Å². The highest BCUT2D eigenvalue weighted by Gasteiger charge is 2.15. The van der Waals surface area contributed by atoms with E-state index in [9.17, 15) is 0 Å². The van der Waals surface area contributed by atoms with Crippen LogP contribution in [-0.2, 0) is 0 Å². The standard InChI is InChI=1S/C13H17NO2/c1-9-4-7-16-13(9)11(3)14-10(2)12-5-6-15-8-12/h4-8,10-11,14H,1-3H3. The smallest absolute Gasteiger partial charge is 0.123 e. The van der Waals surface area contributed by atoms with Gasteiger partial charge in [0.05, 0.1) is 24.8 Å². The van der Waals surface area contributed by atoms with Gasteiger partial charge in [0.1, 0.15) is 5.76 Å². The lowest BCUT2D eigenvalue weighted by molar-refractivity contribution is 0.399. The summed E-state index contributed by atoms with van der Waals surface area (Å²) in [5.41, 5.74) is 2.33. The second-order valence-electron chi connectivity index (χ2n) is 4.13. The molecule has 0 saturated carbocycles. The van der Waals surface area contributed by atoms with Crippen LogP contribution in [0, 0.1) is 6.92 Å². The van der Waals surface area contributed by atoms with Gasteiger partial charge < -0.3 is 14.2 Å². The lowest BCUT2D eigenvalue weighted by Gasteiger charge is -2.17. The molecule has 0 aromatic carbocycles. The summed E-state index contributed by atoms with van der Waals surface area (Å²) in [5, 5.41) is 3.47. The molecule has 3 nitrogen and oxygen atoms in total. The largest absolute Gasteiger partial charge is 0.472 e. The molecule has 0 spiro atoms. The third-order valence-corrected chi connectivity index (χ3v) is 2.84. The Labute approximate surface area is 95.5 Å². The molecule has 16 heavy (non-hydrogen) atoms. The van der Waals surface area contributed by atoms with Gasteiger partial charge in [0.2, 0.25) is 0 Å². The van der Waals surface area contributed by atoms with E-state index in [1.54, 1.807) is 18.8 Å². The summed E-state index contributed by atoms with van der Waals surface area (Å²) >= 11 is 0. The predicted octanol–water partition coefficient (Wildman–Crippen LogP) is 3.59. The molecule has 0 saturated heterocycles. The zero-order chi connectivity index (χ0) is 11.5. The van der Waals surface area contributed by atoms with Crippen molar-refractivity contribution in [1.29, 1.82) is 0 Å². The molecule has 2 rings (SSSR count). The van der Waals surface area contributed by atoms with Crippen molar-refractivity contribution >= 4 is 0 Å². The van der Waals surface area contributed by atoms with Crippen LogP contribution >= 0.6 is 0 Å². The maximum atomic E-state index is 5.46. The van der Waals surface area contributed by atoms with Gasteiger partial charge in [-0.25, -0.2) is 0 Å². The summed E-state index contributed by atoms with van der Waals surface area (Å²) in [5.74, 6) is 0.996. The SMILES string of the molecule is Cc1ccoc1C(C)NC(C)c1ccoc1. The molecule has 2 aromatic rings. The third kappa shape index (κ3) is 2.19. The molecule has 0 aliphatic carbocycles. The van der Waals surface area contributed by atoms with Crippen molar-refractivity contribution in [2.24, 2.45) is 0 Å². The minimum Gasteiger partial charge on any atom is -0.472 e. The van der Waals surface area contributed by atoms with E-state index in [1.807, 2.05) is 12.1 Å². The third-order valence-electron chi connectivity index (χ3n) is 2.84. The van der Waals surface area contributed by atoms with Crippen LogP contribution < -0.4 is 5.32 Å². The molecule has 0 bridgehead atoms. The van der Waals surface area contributed by atoms with E-state index < -0.39 is 0 Å². The first kappa shape index (κ1) is 11.0. The molecule has 2 unspecified atom stereocenters. The van der Waals surface area contributed by atoms with E-state index >= 15 is 0 Å². The molecule has 0 radical (unpaired) electrons. The number of hydrogen-bond acceptors (Lipinski definition) is 3. The van der Waals surface area contributed by atoms with Crippen molar-refractivity contribution < 1.29 is 8.83 Å². The van der Waals surface area contributed by atoms with Gasteiger partial charge >= 0.3 is 0 Å². The lowest BCUT2D eigenvalue weighted by atomic mass is 10.1. The highest BCUT2D eigenvalue weighted by Crippen LogP contribution is 2.22. The van der Waals surface area contributed by atoms with Crippen LogP contribution in [0.1, 0.15) is 42.8 Å². The van der Waals surface area contributed by atoms with Crippen LogP contribution in [0.3, 0.4) is 0 Å². The summed E-state index contributed by atoms with van der Waals surface area (Å²) < 4.78 is 10.5. The Morgan fingerprint density at radius 1 is 1.12 bits per heavy atom. The van der Waals surface area contributed by atoms with Gasteiger partial charge in [-0.3, -0.25) is 0 Å². The van der Waals surface area contributed by atoms with E-state index in [-0.39, 0.29) is 12.1 Å². The maximum absolute atomic E-state index is 5.46. The number of nitrogens with one attached hydrogen (secondary N) is 1. The fourth-order valence-electron chi connectivity index (χ4n) is 1.90. The quantitative estimate of drug-likeness (QED) is 0.853. The van der Waals surface area contributed by atoms with Crippen molar-refractivity contribution in [3.63, 3.8) is 0 Å². The molecule has 0 aliphatic heterocycles. The van der Waals surface area contributed by atoms with Crippen molar-refractivity contribution in [2.45, 2.75) is 32.9 Å². The minimum absolute atomic E-state index is 0.194. The molecular formula is C13H17NO2. The number of furan rings is 2. The van der Waals surface area contributed by atoms with E-state index in [2.05, 4.69) is 26.1 Å². The first-order chi connectivity index (χ1) is 7.68. The fourth-order valence-corrected chi connectivity index (χ4v) is 1.90. The van der Waals surface area contributed by atoms with Crippen molar-refractivity contribution in [2.75, 3.05) is 0 Å². The summed E-state index contributed by atoms with van der Waals surface area (Å²) in [6.07, 6.45) is 5.18. The Hall–Kier alpha value is -1.48. The van der Waals surface area contributed by atoms with Gasteiger partial charge in [-0.15, -0.1) is 0 Å². The first-order valence-electron chi connectivity index (χ1n) is 5.50.